The molecule has 8 heteroatoms. The molecule has 5 atom stereocenters. The number of hydrogen-bond donors (Lipinski definition) is 2. The van der Waals surface area contributed by atoms with Gasteiger partial charge in [0.05, 0.1) is 12.1 Å². The monoisotopic (exact) mass is 560 g/mol. The Balaban J connectivity index is 3.20. The minimum atomic E-state index is -0.767. The molecule has 0 fully saturated rings. The molecule has 0 heterocycles. The van der Waals surface area contributed by atoms with Crippen LogP contribution >= 0.6 is 11.8 Å². The maximum absolute atomic E-state index is 13.7. The molecule has 1 aromatic rings. The summed E-state index contributed by atoms with van der Waals surface area (Å²) in [5.41, 5.74) is 0.913. The molecule has 0 saturated carbocycles. The summed E-state index contributed by atoms with van der Waals surface area (Å²) >= 11 is 1.61. The van der Waals surface area contributed by atoms with Crippen LogP contribution in [-0.2, 0) is 30.4 Å². The van der Waals surface area contributed by atoms with Crippen LogP contribution in [0.4, 0.5) is 0 Å². The first kappa shape index (κ1) is 34.5. The van der Waals surface area contributed by atoms with E-state index in [1.807, 2.05) is 64.3 Å². The standard InChI is InChI=1S/C31H48N2O5S/c1-8-21(4)29(33-30(37)25(14-15-39-7)17-22(5)34)28(36)19-26(18-24-12-10-9-11-13-24)31(38)32-27(23(6)35)16-20(2)3/h9-13,20-21,25-27,29H,8,14-19H2,1-7H3,(H,32,38)(H,33,37). The smallest absolute Gasteiger partial charge is 0.224 e. The second-order valence-corrected chi connectivity index (χ2v) is 12.1. The molecule has 0 radical (unpaired) electrons. The van der Waals surface area contributed by atoms with Crippen molar-refractivity contribution in [3.8, 4) is 0 Å². The first-order valence-corrected chi connectivity index (χ1v) is 15.4. The van der Waals surface area contributed by atoms with Gasteiger partial charge in [-0.3, -0.25) is 19.2 Å². The first-order chi connectivity index (χ1) is 18.4. The highest BCUT2D eigenvalue weighted by molar-refractivity contribution is 7.98. The first-order valence-electron chi connectivity index (χ1n) is 14.1. The molecule has 1 aromatic carbocycles. The molecule has 2 N–H and O–H groups in total. The Hall–Kier alpha value is -2.48. The summed E-state index contributed by atoms with van der Waals surface area (Å²) < 4.78 is 0. The van der Waals surface area contributed by atoms with Gasteiger partial charge in [0.2, 0.25) is 11.8 Å². The normalized spacial score (nSPS) is 15.1. The molecule has 39 heavy (non-hydrogen) atoms. The van der Waals surface area contributed by atoms with Gasteiger partial charge in [0.1, 0.15) is 5.78 Å². The van der Waals surface area contributed by atoms with Gasteiger partial charge in [-0.05, 0) is 62.5 Å². The van der Waals surface area contributed by atoms with Crippen molar-refractivity contribution < 1.29 is 24.0 Å². The van der Waals surface area contributed by atoms with Gasteiger partial charge >= 0.3 is 0 Å². The van der Waals surface area contributed by atoms with Crippen LogP contribution in [0.5, 0.6) is 0 Å². The van der Waals surface area contributed by atoms with E-state index in [9.17, 15) is 24.0 Å². The fraction of sp³-hybridized carbons (Fsp3) is 0.645. The van der Waals surface area contributed by atoms with E-state index in [1.54, 1.807) is 11.8 Å². The lowest BCUT2D eigenvalue weighted by atomic mass is 9.86. The van der Waals surface area contributed by atoms with Crippen LogP contribution in [0, 0.1) is 23.7 Å². The van der Waals surface area contributed by atoms with Crippen molar-refractivity contribution in [3.63, 3.8) is 0 Å². The van der Waals surface area contributed by atoms with E-state index in [4.69, 9.17) is 0 Å². The van der Waals surface area contributed by atoms with Crippen molar-refractivity contribution in [1.29, 1.82) is 0 Å². The SMILES string of the molecule is CCC(C)C(NC(=O)C(CCSC)CC(C)=O)C(=O)CC(Cc1ccccc1)C(=O)NC(CC(C)C)C(C)=O. The number of ketones is 3. The van der Waals surface area contributed by atoms with Crippen molar-refractivity contribution >= 4 is 40.9 Å². The number of carbonyl (C=O) groups excluding carboxylic acids is 5. The molecule has 7 nitrogen and oxygen atoms in total. The Kier molecular flexibility index (Phi) is 15.9. The third-order valence-electron chi connectivity index (χ3n) is 7.09. The second kappa shape index (κ2) is 18.0. The number of carbonyl (C=O) groups is 5. The predicted octanol–water partition coefficient (Wildman–Crippen LogP) is 4.80. The van der Waals surface area contributed by atoms with Gasteiger partial charge < -0.3 is 15.4 Å². The zero-order valence-electron chi connectivity index (χ0n) is 24.8. The van der Waals surface area contributed by atoms with Crippen molar-refractivity contribution in [2.75, 3.05) is 12.0 Å². The van der Waals surface area contributed by atoms with Gasteiger partial charge in [0.15, 0.2) is 11.6 Å². The van der Waals surface area contributed by atoms with Crippen molar-refractivity contribution in [2.45, 2.75) is 92.2 Å². The summed E-state index contributed by atoms with van der Waals surface area (Å²) in [5, 5.41) is 5.83. The second-order valence-electron chi connectivity index (χ2n) is 11.1. The van der Waals surface area contributed by atoms with E-state index in [1.165, 1.54) is 13.8 Å². The highest BCUT2D eigenvalue weighted by Crippen LogP contribution is 2.21. The molecule has 1 rings (SSSR count). The minimum Gasteiger partial charge on any atom is -0.346 e. The van der Waals surface area contributed by atoms with Crippen LogP contribution in [0.15, 0.2) is 30.3 Å². The molecular weight excluding hydrogens is 512 g/mol. The number of nitrogens with one attached hydrogen (secondary N) is 2. The van der Waals surface area contributed by atoms with Gasteiger partial charge in [-0.25, -0.2) is 0 Å². The van der Waals surface area contributed by atoms with E-state index in [0.29, 0.717) is 25.7 Å². The average molecular weight is 561 g/mol. The summed E-state index contributed by atoms with van der Waals surface area (Å²) in [6.45, 7) is 10.8. The number of thioether (sulfide) groups is 1. The van der Waals surface area contributed by atoms with Crippen molar-refractivity contribution in [3.05, 3.63) is 35.9 Å². The lowest BCUT2D eigenvalue weighted by molar-refractivity contribution is -0.135. The molecule has 5 unspecified atom stereocenters. The van der Waals surface area contributed by atoms with E-state index in [-0.39, 0.29) is 53.8 Å². The maximum Gasteiger partial charge on any atom is 0.224 e. The molecular formula is C31H48N2O5S. The van der Waals surface area contributed by atoms with Crippen LogP contribution in [0.1, 0.15) is 79.2 Å². The number of amides is 2. The summed E-state index contributed by atoms with van der Waals surface area (Å²) in [4.78, 5) is 64.4. The third-order valence-corrected chi connectivity index (χ3v) is 7.73. The maximum atomic E-state index is 13.7. The largest absolute Gasteiger partial charge is 0.346 e. The highest BCUT2D eigenvalue weighted by Gasteiger charge is 2.33. The summed E-state index contributed by atoms with van der Waals surface area (Å²) in [5.74, 6) is -1.42. The van der Waals surface area contributed by atoms with E-state index in [2.05, 4.69) is 10.6 Å². The molecule has 218 valence electrons. The Morgan fingerprint density at radius 1 is 0.872 bits per heavy atom. The zero-order valence-corrected chi connectivity index (χ0v) is 25.6. The highest BCUT2D eigenvalue weighted by atomic mass is 32.2. The van der Waals surface area contributed by atoms with Crippen LogP contribution in [-0.4, -0.2) is 53.3 Å². The molecule has 0 aromatic heterocycles. The number of benzene rings is 1. The van der Waals surface area contributed by atoms with Gasteiger partial charge in [0, 0.05) is 24.7 Å². The fourth-order valence-electron chi connectivity index (χ4n) is 4.59. The molecule has 0 spiro atoms. The molecule has 0 bridgehead atoms. The Bertz CT molecular complexity index is 950. The van der Waals surface area contributed by atoms with E-state index in [0.717, 1.165) is 11.3 Å². The van der Waals surface area contributed by atoms with Crippen LogP contribution in [0.25, 0.3) is 0 Å². The summed E-state index contributed by atoms with van der Waals surface area (Å²) in [6.07, 6.45) is 4.09. The quantitative estimate of drug-likeness (QED) is 0.251. The van der Waals surface area contributed by atoms with Gasteiger partial charge in [-0.1, -0.05) is 64.4 Å². The van der Waals surface area contributed by atoms with Gasteiger partial charge in [-0.15, -0.1) is 0 Å². The third kappa shape index (κ3) is 12.9. The molecule has 0 saturated heterocycles. The fourth-order valence-corrected chi connectivity index (χ4v) is 5.11. The van der Waals surface area contributed by atoms with Crippen molar-refractivity contribution in [1.82, 2.24) is 10.6 Å². The minimum absolute atomic E-state index is 0.0650. The van der Waals surface area contributed by atoms with Crippen molar-refractivity contribution in [2.24, 2.45) is 23.7 Å². The van der Waals surface area contributed by atoms with E-state index < -0.39 is 23.9 Å². The lowest BCUT2D eigenvalue weighted by Gasteiger charge is -2.28. The average Bonchev–Trinajstić information content (AvgIpc) is 2.88. The van der Waals surface area contributed by atoms with Gasteiger partial charge in [0.25, 0.3) is 0 Å². The summed E-state index contributed by atoms with van der Waals surface area (Å²) in [6, 6.07) is 8.10. The Morgan fingerprint density at radius 2 is 1.49 bits per heavy atom. The Morgan fingerprint density at radius 3 is 2.00 bits per heavy atom. The predicted molar refractivity (Wildman–Crippen MR) is 158 cm³/mol. The number of hydrogen-bond acceptors (Lipinski definition) is 6. The molecule has 0 aliphatic rings. The van der Waals surface area contributed by atoms with E-state index >= 15 is 0 Å². The molecule has 0 aliphatic heterocycles. The Labute approximate surface area is 239 Å². The molecule has 2 amide bonds. The topological polar surface area (TPSA) is 109 Å². The number of Topliss-reactive ketones (excluding diaryl/α,β-unsaturated/α-hetero) is 3. The zero-order chi connectivity index (χ0) is 29.5. The number of rotatable bonds is 19. The summed E-state index contributed by atoms with van der Waals surface area (Å²) in [7, 11) is 0. The van der Waals surface area contributed by atoms with Crippen LogP contribution < -0.4 is 10.6 Å². The van der Waals surface area contributed by atoms with Crippen LogP contribution in [0.3, 0.4) is 0 Å². The van der Waals surface area contributed by atoms with Crippen LogP contribution in [0.2, 0.25) is 0 Å². The van der Waals surface area contributed by atoms with Gasteiger partial charge in [-0.2, -0.15) is 11.8 Å². The molecule has 0 aliphatic carbocycles. The lowest BCUT2D eigenvalue weighted by Crippen LogP contribution is -2.49.